The van der Waals surface area contributed by atoms with E-state index in [0.29, 0.717) is 5.56 Å². The van der Waals surface area contributed by atoms with E-state index in [9.17, 15) is 4.79 Å². The maximum Gasteiger partial charge on any atom is 0.150 e. The van der Waals surface area contributed by atoms with E-state index in [0.717, 1.165) is 66.8 Å². The summed E-state index contributed by atoms with van der Waals surface area (Å²) in [6, 6.07) is 40.1. The molecule has 7 rings (SSSR count). The van der Waals surface area contributed by atoms with E-state index in [2.05, 4.69) is 24.3 Å². The number of rotatable bonds is 5. The number of hydrazone groups is 1. The summed E-state index contributed by atoms with van der Waals surface area (Å²) in [5, 5.41) is 11.2. The quantitative estimate of drug-likeness (QED) is 0.103. The molecule has 0 aliphatic heterocycles. The van der Waals surface area contributed by atoms with Crippen molar-refractivity contribution >= 4 is 67.5 Å². The number of hydrogen-bond acceptors (Lipinski definition) is 5. The Morgan fingerprint density at radius 1 is 0.487 bits per heavy atom. The molecule has 0 amide bonds. The van der Waals surface area contributed by atoms with Crippen LogP contribution in [0.5, 0.6) is 0 Å². The van der Waals surface area contributed by atoms with Crippen molar-refractivity contribution in [3.63, 3.8) is 0 Å². The van der Waals surface area contributed by atoms with Crippen molar-refractivity contribution in [3.8, 4) is 0 Å². The first-order valence-electron chi connectivity index (χ1n) is 12.7. The molecule has 0 N–H and O–H groups in total. The normalized spacial score (nSPS) is 11.6. The van der Waals surface area contributed by atoms with Crippen LogP contribution >= 0.6 is 0 Å². The number of nitrogens with zero attached hydrogens (tertiary/aromatic N) is 4. The highest BCUT2D eigenvalue weighted by Crippen LogP contribution is 2.43. The van der Waals surface area contributed by atoms with Gasteiger partial charge in [0, 0.05) is 27.1 Å². The maximum absolute atomic E-state index is 11.2. The van der Waals surface area contributed by atoms with Crippen molar-refractivity contribution in [2.45, 2.75) is 0 Å². The van der Waals surface area contributed by atoms with Gasteiger partial charge in [-0.25, -0.2) is 15.0 Å². The Labute approximate surface area is 224 Å². The first-order valence-corrected chi connectivity index (χ1v) is 12.7. The minimum atomic E-state index is 0.626. The maximum atomic E-state index is 11.2. The summed E-state index contributed by atoms with van der Waals surface area (Å²) in [5.74, 6) is 0. The Morgan fingerprint density at radius 3 is 1.23 bits per heavy atom. The van der Waals surface area contributed by atoms with Crippen LogP contribution in [-0.2, 0) is 0 Å². The predicted octanol–water partition coefficient (Wildman–Crippen LogP) is 8.07. The molecule has 2 heterocycles. The first kappa shape index (κ1) is 22.8. The highest BCUT2D eigenvalue weighted by atomic mass is 16.1. The molecule has 0 saturated carbocycles. The fourth-order valence-electron chi connectivity index (χ4n) is 5.10. The van der Waals surface area contributed by atoms with Crippen LogP contribution in [0.2, 0.25) is 0 Å². The molecule has 184 valence electrons. The van der Waals surface area contributed by atoms with Crippen molar-refractivity contribution in [1.29, 1.82) is 0 Å². The van der Waals surface area contributed by atoms with Gasteiger partial charge in [-0.05, 0) is 29.8 Å². The number of benzene rings is 5. The second-order valence-electron chi connectivity index (χ2n) is 9.33. The molecule has 0 aliphatic carbocycles. The fraction of sp³-hybridized carbons (Fsp3) is 0. The number of aldehydes is 1. The molecule has 5 aromatic carbocycles. The zero-order valence-electron chi connectivity index (χ0n) is 20.9. The number of hydrogen-bond donors (Lipinski definition) is 0. The van der Waals surface area contributed by atoms with E-state index in [4.69, 9.17) is 15.1 Å². The summed E-state index contributed by atoms with van der Waals surface area (Å²) in [4.78, 5) is 21.1. The minimum absolute atomic E-state index is 0.626. The third kappa shape index (κ3) is 3.97. The Morgan fingerprint density at radius 2 is 0.846 bits per heavy atom. The smallest absolute Gasteiger partial charge is 0.150 e. The summed E-state index contributed by atoms with van der Waals surface area (Å²) in [7, 11) is 0. The van der Waals surface area contributed by atoms with Crippen molar-refractivity contribution in [2.24, 2.45) is 5.10 Å². The standard InChI is InChI=1S/C34H22N4O/c39-22-24-19-17-23(18-20-24)21-35-38(33-25-9-1-5-13-29(25)36-30-14-6-2-10-26(30)33)34-27-11-3-7-15-31(27)37-32-16-8-4-12-28(32)34/h1-22H. The van der Waals surface area contributed by atoms with Crippen LogP contribution < -0.4 is 5.01 Å². The number of anilines is 2. The lowest BCUT2D eigenvalue weighted by Gasteiger charge is -2.25. The van der Waals surface area contributed by atoms with Gasteiger partial charge in [0.25, 0.3) is 0 Å². The van der Waals surface area contributed by atoms with Gasteiger partial charge in [0.05, 0.1) is 39.7 Å². The van der Waals surface area contributed by atoms with Gasteiger partial charge in [0.1, 0.15) is 6.29 Å². The predicted molar refractivity (Wildman–Crippen MR) is 160 cm³/mol. The second-order valence-corrected chi connectivity index (χ2v) is 9.33. The molecule has 0 saturated heterocycles. The molecule has 0 radical (unpaired) electrons. The number of carbonyl (C=O) groups is 1. The molecule has 0 aliphatic rings. The largest absolute Gasteiger partial charge is 0.298 e. The molecule has 0 atom stereocenters. The van der Waals surface area contributed by atoms with Gasteiger partial charge in [-0.2, -0.15) is 5.10 Å². The van der Waals surface area contributed by atoms with E-state index in [1.165, 1.54) is 0 Å². The molecule has 0 bridgehead atoms. The Balaban J connectivity index is 1.60. The van der Waals surface area contributed by atoms with Crippen LogP contribution in [-0.4, -0.2) is 22.5 Å². The van der Waals surface area contributed by atoms with Crippen molar-refractivity contribution in [2.75, 3.05) is 5.01 Å². The summed E-state index contributed by atoms with van der Waals surface area (Å²) in [5.41, 5.74) is 6.97. The van der Waals surface area contributed by atoms with E-state index in [1.807, 2.05) is 96.2 Å². The third-order valence-corrected chi connectivity index (χ3v) is 6.94. The Bertz CT molecular complexity index is 1820. The molecular weight excluding hydrogens is 480 g/mol. The van der Waals surface area contributed by atoms with Crippen molar-refractivity contribution in [1.82, 2.24) is 9.97 Å². The molecule has 0 spiro atoms. The molecular formula is C34H22N4O. The minimum Gasteiger partial charge on any atom is -0.298 e. The summed E-state index contributed by atoms with van der Waals surface area (Å²) >= 11 is 0. The van der Waals surface area contributed by atoms with Crippen molar-refractivity contribution in [3.05, 3.63) is 132 Å². The second kappa shape index (κ2) is 9.47. The number of aromatic nitrogens is 2. The first-order chi connectivity index (χ1) is 19.3. The van der Waals surface area contributed by atoms with Gasteiger partial charge < -0.3 is 0 Å². The third-order valence-electron chi connectivity index (χ3n) is 6.94. The SMILES string of the molecule is O=Cc1ccc(C=NN(c2c3ccccc3nc3ccccc23)c2c3ccccc3nc3ccccc23)cc1. The van der Waals surface area contributed by atoms with E-state index >= 15 is 0 Å². The molecule has 7 aromatic rings. The van der Waals surface area contributed by atoms with Gasteiger partial charge in [0.2, 0.25) is 0 Å². The van der Waals surface area contributed by atoms with Gasteiger partial charge in [-0.1, -0.05) is 97.1 Å². The summed E-state index contributed by atoms with van der Waals surface area (Å²) in [6.45, 7) is 0. The zero-order chi connectivity index (χ0) is 26.2. The molecule has 5 nitrogen and oxygen atoms in total. The van der Waals surface area contributed by atoms with Crippen LogP contribution in [0.25, 0.3) is 43.6 Å². The molecule has 0 fully saturated rings. The fourth-order valence-corrected chi connectivity index (χ4v) is 5.10. The number of pyridine rings is 2. The zero-order valence-corrected chi connectivity index (χ0v) is 20.9. The van der Waals surface area contributed by atoms with Gasteiger partial charge in [-0.15, -0.1) is 0 Å². The Hall–Kier alpha value is -5.42. The number of fused-ring (bicyclic) bond motifs is 4. The number of carbonyl (C=O) groups excluding carboxylic acids is 1. The van der Waals surface area contributed by atoms with Crippen LogP contribution in [0, 0.1) is 0 Å². The lowest BCUT2D eigenvalue weighted by atomic mass is 10.0. The lowest BCUT2D eigenvalue weighted by Crippen LogP contribution is -2.13. The van der Waals surface area contributed by atoms with Gasteiger partial charge >= 0.3 is 0 Å². The van der Waals surface area contributed by atoms with Crippen LogP contribution in [0.3, 0.4) is 0 Å². The highest BCUT2D eigenvalue weighted by Gasteiger charge is 2.21. The molecule has 5 heteroatoms. The molecule has 39 heavy (non-hydrogen) atoms. The van der Waals surface area contributed by atoms with Gasteiger partial charge in [0.15, 0.2) is 0 Å². The van der Waals surface area contributed by atoms with E-state index in [1.54, 1.807) is 12.1 Å². The topological polar surface area (TPSA) is 58.5 Å². The van der Waals surface area contributed by atoms with Crippen LogP contribution in [0.4, 0.5) is 11.4 Å². The number of para-hydroxylation sites is 4. The van der Waals surface area contributed by atoms with Gasteiger partial charge in [-0.3, -0.25) is 4.79 Å². The van der Waals surface area contributed by atoms with Crippen LogP contribution in [0.1, 0.15) is 15.9 Å². The summed E-state index contributed by atoms with van der Waals surface area (Å²) in [6.07, 6.45) is 2.68. The van der Waals surface area contributed by atoms with E-state index < -0.39 is 0 Å². The average molecular weight is 503 g/mol. The monoisotopic (exact) mass is 502 g/mol. The highest BCUT2D eigenvalue weighted by molar-refractivity contribution is 6.15. The van der Waals surface area contributed by atoms with Crippen LogP contribution in [0.15, 0.2) is 126 Å². The molecule has 2 aromatic heterocycles. The Kier molecular flexibility index (Phi) is 5.52. The lowest BCUT2D eigenvalue weighted by molar-refractivity contribution is 0.112. The summed E-state index contributed by atoms with van der Waals surface area (Å²) < 4.78 is 0. The molecule has 0 unspecified atom stereocenters. The van der Waals surface area contributed by atoms with Crippen molar-refractivity contribution < 1.29 is 4.79 Å². The van der Waals surface area contributed by atoms with E-state index in [-0.39, 0.29) is 0 Å². The average Bonchev–Trinajstić information content (AvgIpc) is 3.00.